The van der Waals surface area contributed by atoms with Crippen LogP contribution in [-0.4, -0.2) is 32.3 Å². The Bertz CT molecular complexity index is 1950. The molecule has 0 spiro atoms. The maximum Gasteiger partial charge on any atom is 0.422 e. The zero-order chi connectivity index (χ0) is 31.1. The third-order valence-corrected chi connectivity index (χ3v) is 8.02. The van der Waals surface area contributed by atoms with Crippen molar-refractivity contribution in [3.05, 3.63) is 142 Å². The number of pyridine rings is 1. The molecule has 3 N–H and O–H groups in total. The van der Waals surface area contributed by atoms with Crippen molar-refractivity contribution >= 4 is 39.2 Å². The lowest BCUT2D eigenvalue weighted by molar-refractivity contribution is -0.272. The molecule has 0 saturated heterocycles. The van der Waals surface area contributed by atoms with Crippen LogP contribution in [0.2, 0.25) is 5.02 Å². The van der Waals surface area contributed by atoms with E-state index >= 15 is 13.2 Å². The van der Waals surface area contributed by atoms with Gasteiger partial charge in [0.25, 0.3) is 0 Å². The van der Waals surface area contributed by atoms with Gasteiger partial charge in [-0.05, 0) is 64.4 Å². The molecule has 2 aromatic heterocycles. The van der Waals surface area contributed by atoms with Crippen LogP contribution in [0.1, 0.15) is 38.7 Å². The van der Waals surface area contributed by atoms with Gasteiger partial charge in [0.2, 0.25) is 0 Å². The number of halogens is 4. The van der Waals surface area contributed by atoms with Crippen LogP contribution in [-0.2, 0) is 12.2 Å². The van der Waals surface area contributed by atoms with Crippen LogP contribution in [0.25, 0.3) is 21.7 Å². The molecule has 222 valence electrons. The van der Waals surface area contributed by atoms with Gasteiger partial charge in [-0.3, -0.25) is 4.98 Å². The van der Waals surface area contributed by atoms with Crippen molar-refractivity contribution in [3.63, 3.8) is 0 Å². The van der Waals surface area contributed by atoms with Crippen molar-refractivity contribution in [2.24, 2.45) is 0 Å². The second-order valence-corrected chi connectivity index (χ2v) is 10.8. The van der Waals surface area contributed by atoms with Gasteiger partial charge in [-0.15, -0.1) is 0 Å². The summed E-state index contributed by atoms with van der Waals surface area (Å²) in [6.45, 7) is 0.0670. The second kappa shape index (κ2) is 11.3. The molecule has 0 aliphatic carbocycles. The summed E-state index contributed by atoms with van der Waals surface area (Å²) in [5.41, 5.74) is -2.20. The molecule has 6 rings (SSSR count). The van der Waals surface area contributed by atoms with Gasteiger partial charge in [-0.25, -0.2) is 4.79 Å². The van der Waals surface area contributed by atoms with E-state index in [-0.39, 0.29) is 45.1 Å². The summed E-state index contributed by atoms with van der Waals surface area (Å²) in [7, 11) is 0. The van der Waals surface area contributed by atoms with Gasteiger partial charge < -0.3 is 19.9 Å². The molecule has 0 fully saturated rings. The number of hydrogen-bond donors (Lipinski definition) is 3. The Morgan fingerprint density at radius 2 is 1.68 bits per heavy atom. The molecule has 6 nitrogen and oxygen atoms in total. The summed E-state index contributed by atoms with van der Waals surface area (Å²) < 4.78 is 52.1. The van der Waals surface area contributed by atoms with Crippen molar-refractivity contribution < 1.29 is 32.9 Å². The number of H-pyrrole nitrogens is 1. The van der Waals surface area contributed by atoms with Gasteiger partial charge in [0.05, 0.1) is 11.5 Å². The van der Waals surface area contributed by atoms with Gasteiger partial charge >= 0.3 is 12.1 Å². The first-order chi connectivity index (χ1) is 21.1. The van der Waals surface area contributed by atoms with Gasteiger partial charge in [-0.1, -0.05) is 66.2 Å². The molecular weight excluding hydrogens is 593 g/mol. The van der Waals surface area contributed by atoms with Crippen LogP contribution in [0.3, 0.4) is 0 Å². The molecule has 0 radical (unpaired) electrons. The lowest BCUT2D eigenvalue weighted by Gasteiger charge is -2.39. The minimum atomic E-state index is -5.15. The van der Waals surface area contributed by atoms with E-state index in [1.54, 1.807) is 48.5 Å². The molecule has 4 aromatic carbocycles. The van der Waals surface area contributed by atoms with E-state index in [0.29, 0.717) is 21.9 Å². The number of nitrogens with zero attached hydrogens (tertiary/aromatic N) is 1. The number of aliphatic hydroxyl groups is 1. The number of alkyl halides is 3. The predicted molar refractivity (Wildman–Crippen MR) is 161 cm³/mol. The highest BCUT2D eigenvalue weighted by molar-refractivity contribution is 6.31. The molecule has 2 unspecified atom stereocenters. The number of carboxylic acids is 1. The fraction of sp³-hybridized carbons (Fsp3) is 0.118. The number of nitrogens with one attached hydrogen (secondary N) is 1. The summed E-state index contributed by atoms with van der Waals surface area (Å²) in [5.74, 6) is -2.48. The minimum Gasteiger partial charge on any atom is -0.489 e. The quantitative estimate of drug-likeness (QED) is 0.160. The summed E-state index contributed by atoms with van der Waals surface area (Å²) in [6, 6.07) is 24.9. The SMILES string of the molecule is O=C(O)c1ccc(COc2ccc(C(c3cc4ccccc4[nH]3)C(O)(c3cccc4cnccc34)C(F)(F)F)c(Cl)c2)cc1. The number of aromatic nitrogens is 2. The van der Waals surface area contributed by atoms with E-state index < -0.39 is 23.7 Å². The average Bonchev–Trinajstić information content (AvgIpc) is 3.44. The van der Waals surface area contributed by atoms with Gasteiger partial charge in [0, 0.05) is 39.6 Å². The highest BCUT2D eigenvalue weighted by atomic mass is 35.5. The Kier molecular flexibility index (Phi) is 7.53. The molecule has 0 saturated carbocycles. The lowest BCUT2D eigenvalue weighted by Crippen LogP contribution is -2.48. The summed E-state index contributed by atoms with van der Waals surface area (Å²) in [5, 5.41) is 22.5. The monoisotopic (exact) mass is 616 g/mol. The van der Waals surface area contributed by atoms with Crippen molar-refractivity contribution in [1.29, 1.82) is 0 Å². The van der Waals surface area contributed by atoms with E-state index in [2.05, 4.69) is 9.97 Å². The van der Waals surface area contributed by atoms with E-state index in [9.17, 15) is 9.90 Å². The predicted octanol–water partition coefficient (Wildman–Crippen LogP) is 8.23. The molecular formula is C34H24ClF3N2O4. The van der Waals surface area contributed by atoms with Crippen LogP contribution < -0.4 is 4.74 Å². The maximum atomic E-state index is 15.4. The molecule has 44 heavy (non-hydrogen) atoms. The number of aromatic amines is 1. The molecule has 10 heteroatoms. The first kappa shape index (κ1) is 29.2. The van der Waals surface area contributed by atoms with Crippen LogP contribution in [0.4, 0.5) is 13.2 Å². The molecule has 2 atom stereocenters. The Balaban J connectivity index is 1.47. The molecule has 6 aromatic rings. The van der Waals surface area contributed by atoms with Crippen molar-refractivity contribution in [2.75, 3.05) is 0 Å². The smallest absolute Gasteiger partial charge is 0.422 e. The Labute approximate surface area is 254 Å². The number of ether oxygens (including phenoxy) is 1. The highest BCUT2D eigenvalue weighted by Crippen LogP contribution is 2.54. The number of rotatable bonds is 8. The highest BCUT2D eigenvalue weighted by Gasteiger charge is 2.61. The third-order valence-electron chi connectivity index (χ3n) is 7.69. The summed E-state index contributed by atoms with van der Waals surface area (Å²) >= 11 is 6.72. The van der Waals surface area contributed by atoms with Crippen LogP contribution in [0.5, 0.6) is 5.75 Å². The van der Waals surface area contributed by atoms with Crippen molar-refractivity contribution in [1.82, 2.24) is 9.97 Å². The number of para-hydroxylation sites is 1. The Morgan fingerprint density at radius 1 is 0.932 bits per heavy atom. The number of benzene rings is 4. The van der Waals surface area contributed by atoms with E-state index in [0.717, 1.165) is 0 Å². The standard InChI is InChI=1S/C34H24ClF3N2O4/c35-28-17-24(44-19-20-8-10-21(11-9-20)32(41)42)12-13-26(28)31(30-16-22-4-1-2-7-29(22)40-30)33(43,34(36,37)38)27-6-3-5-23-18-39-15-14-25(23)27/h1-18,31,40,43H,19H2,(H,41,42). The van der Waals surface area contributed by atoms with E-state index in [1.165, 1.54) is 60.9 Å². The fourth-order valence-corrected chi connectivity index (χ4v) is 5.82. The third kappa shape index (κ3) is 5.25. The number of carboxylic acid groups (broad SMARTS) is 1. The zero-order valence-corrected chi connectivity index (χ0v) is 23.6. The van der Waals surface area contributed by atoms with E-state index in [1.807, 2.05) is 0 Å². The number of aromatic carboxylic acids is 1. The lowest BCUT2D eigenvalue weighted by atomic mass is 9.73. The van der Waals surface area contributed by atoms with Crippen LogP contribution in [0, 0.1) is 0 Å². The first-order valence-electron chi connectivity index (χ1n) is 13.5. The summed E-state index contributed by atoms with van der Waals surface area (Å²) in [4.78, 5) is 18.2. The number of carbonyl (C=O) groups is 1. The van der Waals surface area contributed by atoms with E-state index in [4.69, 9.17) is 21.4 Å². The maximum absolute atomic E-state index is 15.4. The van der Waals surface area contributed by atoms with Gasteiger partial charge in [0.15, 0.2) is 5.60 Å². The Morgan fingerprint density at radius 3 is 2.39 bits per heavy atom. The molecule has 2 heterocycles. The first-order valence-corrected chi connectivity index (χ1v) is 13.9. The number of hydrogen-bond acceptors (Lipinski definition) is 4. The minimum absolute atomic E-state index is 0.0299. The molecule has 0 aliphatic heterocycles. The van der Waals surface area contributed by atoms with Crippen molar-refractivity contribution in [2.45, 2.75) is 24.3 Å². The fourth-order valence-electron chi connectivity index (χ4n) is 5.54. The van der Waals surface area contributed by atoms with Crippen LogP contribution >= 0.6 is 11.6 Å². The van der Waals surface area contributed by atoms with Gasteiger partial charge in [-0.2, -0.15) is 13.2 Å². The molecule has 0 amide bonds. The largest absolute Gasteiger partial charge is 0.489 e. The number of fused-ring (bicyclic) bond motifs is 2. The molecule has 0 aliphatic rings. The zero-order valence-electron chi connectivity index (χ0n) is 22.8. The Hall–Kier alpha value is -4.86. The van der Waals surface area contributed by atoms with Crippen molar-refractivity contribution in [3.8, 4) is 5.75 Å². The topological polar surface area (TPSA) is 95.4 Å². The normalized spacial score (nSPS) is 13.9. The summed E-state index contributed by atoms with van der Waals surface area (Å²) in [6.07, 6.45) is -2.32. The van der Waals surface area contributed by atoms with Gasteiger partial charge in [0.1, 0.15) is 12.4 Å². The molecule has 0 bridgehead atoms. The van der Waals surface area contributed by atoms with Crippen LogP contribution in [0.15, 0.2) is 109 Å². The second-order valence-electron chi connectivity index (χ2n) is 10.4. The average molecular weight is 617 g/mol.